The third kappa shape index (κ3) is 3.57. The smallest absolute Gasteiger partial charge is 0.269 e. The van der Waals surface area contributed by atoms with Crippen molar-refractivity contribution in [3.05, 3.63) is 75.5 Å². The van der Waals surface area contributed by atoms with E-state index in [1.165, 1.54) is 33.6 Å². The number of fused-ring (bicyclic) bond motifs is 1. The molecule has 7 nitrogen and oxygen atoms in total. The maximum Gasteiger partial charge on any atom is 0.269 e. The van der Waals surface area contributed by atoms with Crippen molar-refractivity contribution in [1.29, 1.82) is 0 Å². The molecular formula is C19H14N4O3S2. The molecule has 0 aliphatic heterocycles. The summed E-state index contributed by atoms with van der Waals surface area (Å²) in [6.07, 6.45) is 1.35. The van der Waals surface area contributed by atoms with Gasteiger partial charge in [0.2, 0.25) is 0 Å². The van der Waals surface area contributed by atoms with Crippen LogP contribution in [-0.2, 0) is 11.3 Å². The quantitative estimate of drug-likeness (QED) is 0.506. The minimum Gasteiger partial charge on any atom is -0.289 e. The molecule has 0 atom stereocenters. The SMILES string of the molecule is O=C(Cn1cnc2scc(-c3cccs3)c2c1=O)NNC(=O)c1ccccc1. The van der Waals surface area contributed by atoms with Crippen LogP contribution in [0.3, 0.4) is 0 Å². The van der Waals surface area contributed by atoms with Gasteiger partial charge in [-0.1, -0.05) is 24.3 Å². The molecule has 0 aliphatic rings. The van der Waals surface area contributed by atoms with E-state index in [-0.39, 0.29) is 12.1 Å². The molecule has 1 aromatic carbocycles. The molecule has 140 valence electrons. The van der Waals surface area contributed by atoms with Gasteiger partial charge in [0.1, 0.15) is 11.4 Å². The van der Waals surface area contributed by atoms with E-state index in [9.17, 15) is 14.4 Å². The van der Waals surface area contributed by atoms with Crippen LogP contribution in [0.15, 0.2) is 64.3 Å². The van der Waals surface area contributed by atoms with Gasteiger partial charge in [-0.3, -0.25) is 29.8 Å². The number of hydrazine groups is 1. The molecule has 4 aromatic rings. The molecule has 0 fully saturated rings. The number of rotatable bonds is 4. The summed E-state index contributed by atoms with van der Waals surface area (Å²) >= 11 is 2.93. The Kier molecular flexibility index (Phi) is 5.00. The molecule has 3 aromatic heterocycles. The van der Waals surface area contributed by atoms with Gasteiger partial charge in [-0.25, -0.2) is 4.98 Å². The van der Waals surface area contributed by atoms with Gasteiger partial charge >= 0.3 is 0 Å². The third-order valence-electron chi connectivity index (χ3n) is 4.01. The lowest BCUT2D eigenvalue weighted by Gasteiger charge is -2.09. The third-order valence-corrected chi connectivity index (χ3v) is 5.80. The summed E-state index contributed by atoms with van der Waals surface area (Å²) in [4.78, 5) is 42.9. The summed E-state index contributed by atoms with van der Waals surface area (Å²) in [6, 6.07) is 12.4. The summed E-state index contributed by atoms with van der Waals surface area (Å²) in [7, 11) is 0. The van der Waals surface area contributed by atoms with E-state index in [1.54, 1.807) is 30.3 Å². The van der Waals surface area contributed by atoms with Crippen molar-refractivity contribution in [2.45, 2.75) is 6.54 Å². The van der Waals surface area contributed by atoms with E-state index in [2.05, 4.69) is 15.8 Å². The topological polar surface area (TPSA) is 93.1 Å². The minimum atomic E-state index is -0.527. The number of nitrogens with zero attached hydrogens (tertiary/aromatic N) is 2. The molecular weight excluding hydrogens is 396 g/mol. The summed E-state index contributed by atoms with van der Waals surface area (Å²) < 4.78 is 1.23. The minimum absolute atomic E-state index is 0.253. The molecule has 0 aliphatic carbocycles. The number of amides is 2. The fourth-order valence-electron chi connectivity index (χ4n) is 2.68. The highest BCUT2D eigenvalue weighted by Gasteiger charge is 2.15. The Hall–Kier alpha value is -3.30. The Bertz CT molecular complexity index is 1200. The molecule has 0 spiro atoms. The van der Waals surface area contributed by atoms with Crippen LogP contribution in [0.25, 0.3) is 20.7 Å². The van der Waals surface area contributed by atoms with Gasteiger partial charge in [-0.05, 0) is 23.6 Å². The first-order valence-electron chi connectivity index (χ1n) is 8.28. The van der Waals surface area contributed by atoms with Crippen LogP contribution >= 0.6 is 22.7 Å². The number of thiophene rings is 2. The normalized spacial score (nSPS) is 10.7. The van der Waals surface area contributed by atoms with E-state index >= 15 is 0 Å². The Morgan fingerprint density at radius 3 is 2.61 bits per heavy atom. The predicted octanol–water partition coefficient (Wildman–Crippen LogP) is 2.65. The summed E-state index contributed by atoms with van der Waals surface area (Å²) in [6.45, 7) is -0.253. The Balaban J connectivity index is 1.51. The summed E-state index contributed by atoms with van der Waals surface area (Å²) in [5, 5.41) is 4.34. The van der Waals surface area contributed by atoms with Gasteiger partial charge in [-0.15, -0.1) is 22.7 Å². The van der Waals surface area contributed by atoms with Crippen molar-refractivity contribution < 1.29 is 9.59 Å². The van der Waals surface area contributed by atoms with E-state index in [0.717, 1.165) is 10.4 Å². The Morgan fingerprint density at radius 2 is 1.86 bits per heavy atom. The summed E-state index contributed by atoms with van der Waals surface area (Å²) in [5.41, 5.74) is 5.60. The standard InChI is InChI=1S/C19H14N4O3S2/c24-15(21-22-17(25)12-5-2-1-3-6-12)9-23-11-20-18-16(19(23)26)13(10-28-18)14-7-4-8-27-14/h1-8,10-11H,9H2,(H,21,24)(H,22,25). The zero-order chi connectivity index (χ0) is 19.5. The number of carbonyl (C=O) groups is 2. The number of hydrogen-bond donors (Lipinski definition) is 2. The molecule has 0 saturated carbocycles. The highest BCUT2D eigenvalue weighted by atomic mass is 32.1. The highest BCUT2D eigenvalue weighted by molar-refractivity contribution is 7.18. The van der Waals surface area contributed by atoms with Crippen LogP contribution in [-0.4, -0.2) is 21.4 Å². The first kappa shape index (κ1) is 18.1. The second-order valence-electron chi connectivity index (χ2n) is 5.85. The number of benzene rings is 1. The number of nitrogens with one attached hydrogen (secondary N) is 2. The largest absolute Gasteiger partial charge is 0.289 e. The number of hydrogen-bond acceptors (Lipinski definition) is 6. The van der Waals surface area contributed by atoms with Crippen molar-refractivity contribution in [2.24, 2.45) is 0 Å². The first-order chi connectivity index (χ1) is 13.6. The zero-order valence-corrected chi connectivity index (χ0v) is 16.0. The van der Waals surface area contributed by atoms with E-state index in [4.69, 9.17) is 0 Å². The molecule has 4 rings (SSSR count). The molecule has 9 heteroatoms. The van der Waals surface area contributed by atoms with Gasteiger partial charge in [0.15, 0.2) is 0 Å². The fraction of sp³-hybridized carbons (Fsp3) is 0.0526. The molecule has 0 bridgehead atoms. The molecule has 2 amide bonds. The second kappa shape index (κ2) is 7.75. The van der Waals surface area contributed by atoms with Crippen LogP contribution < -0.4 is 16.4 Å². The zero-order valence-electron chi connectivity index (χ0n) is 14.4. The number of carbonyl (C=O) groups excluding carboxylic acids is 2. The molecule has 0 unspecified atom stereocenters. The highest BCUT2D eigenvalue weighted by Crippen LogP contribution is 2.33. The van der Waals surface area contributed by atoms with Crippen molar-refractivity contribution in [1.82, 2.24) is 20.4 Å². The van der Waals surface area contributed by atoms with E-state index in [1.807, 2.05) is 22.9 Å². The van der Waals surface area contributed by atoms with Gasteiger partial charge < -0.3 is 0 Å². The molecule has 0 radical (unpaired) electrons. The average Bonchev–Trinajstić information content (AvgIpc) is 3.38. The van der Waals surface area contributed by atoms with Crippen molar-refractivity contribution >= 4 is 44.7 Å². The van der Waals surface area contributed by atoms with E-state index in [0.29, 0.717) is 15.8 Å². The van der Waals surface area contributed by atoms with Crippen molar-refractivity contribution in [2.75, 3.05) is 0 Å². The van der Waals surface area contributed by atoms with Crippen LogP contribution in [0, 0.1) is 0 Å². The molecule has 2 N–H and O–H groups in total. The Labute approximate surface area is 167 Å². The molecule has 0 saturated heterocycles. The lowest BCUT2D eigenvalue weighted by Crippen LogP contribution is -2.44. The van der Waals surface area contributed by atoms with E-state index < -0.39 is 11.8 Å². The molecule has 3 heterocycles. The van der Waals surface area contributed by atoms with Crippen LogP contribution in [0.5, 0.6) is 0 Å². The Morgan fingerprint density at radius 1 is 1.04 bits per heavy atom. The monoisotopic (exact) mass is 410 g/mol. The lowest BCUT2D eigenvalue weighted by molar-refractivity contribution is -0.122. The first-order valence-corrected chi connectivity index (χ1v) is 10.0. The fourth-order valence-corrected chi connectivity index (χ4v) is 4.40. The second-order valence-corrected chi connectivity index (χ2v) is 7.66. The van der Waals surface area contributed by atoms with Crippen molar-refractivity contribution in [3.63, 3.8) is 0 Å². The van der Waals surface area contributed by atoms with Crippen LogP contribution in [0.2, 0.25) is 0 Å². The molecule has 28 heavy (non-hydrogen) atoms. The average molecular weight is 410 g/mol. The van der Waals surface area contributed by atoms with Crippen molar-refractivity contribution in [3.8, 4) is 10.4 Å². The van der Waals surface area contributed by atoms with Gasteiger partial charge in [0.25, 0.3) is 17.4 Å². The maximum absolute atomic E-state index is 12.9. The maximum atomic E-state index is 12.9. The predicted molar refractivity (Wildman–Crippen MR) is 109 cm³/mol. The van der Waals surface area contributed by atoms with Gasteiger partial charge in [0.05, 0.1) is 11.7 Å². The lowest BCUT2D eigenvalue weighted by atomic mass is 10.2. The van der Waals surface area contributed by atoms with Crippen LogP contribution in [0.4, 0.5) is 0 Å². The van der Waals surface area contributed by atoms with Gasteiger partial charge in [0, 0.05) is 21.4 Å². The van der Waals surface area contributed by atoms with Crippen LogP contribution in [0.1, 0.15) is 10.4 Å². The number of aromatic nitrogens is 2. The van der Waals surface area contributed by atoms with Gasteiger partial charge in [-0.2, -0.15) is 0 Å². The summed E-state index contributed by atoms with van der Waals surface area (Å²) in [5.74, 6) is -0.965.